The van der Waals surface area contributed by atoms with Crippen LogP contribution >= 0.6 is 22.7 Å². The van der Waals surface area contributed by atoms with E-state index in [1.165, 1.54) is 22.2 Å². The molecule has 1 amide bonds. The maximum Gasteiger partial charge on any atom is 0.263 e. The summed E-state index contributed by atoms with van der Waals surface area (Å²) in [6.45, 7) is 2.76. The van der Waals surface area contributed by atoms with Gasteiger partial charge in [0.25, 0.3) is 5.56 Å². The van der Waals surface area contributed by atoms with Gasteiger partial charge in [0.15, 0.2) is 0 Å². The number of carbonyl (C=O) groups excluding carboxylic acids is 1. The van der Waals surface area contributed by atoms with Crippen LogP contribution in [0.2, 0.25) is 0 Å². The molecule has 3 rings (SSSR count). The molecule has 0 aliphatic heterocycles. The van der Waals surface area contributed by atoms with Gasteiger partial charge in [0.05, 0.1) is 18.3 Å². The van der Waals surface area contributed by atoms with Crippen LogP contribution in [0.15, 0.2) is 34.0 Å². The Morgan fingerprint density at radius 1 is 1.35 bits per heavy atom. The van der Waals surface area contributed by atoms with Gasteiger partial charge in [-0.2, -0.15) is 0 Å². The number of aliphatic hydroxyl groups excluding tert-OH is 1. The zero-order valence-corrected chi connectivity index (χ0v) is 16.2. The van der Waals surface area contributed by atoms with E-state index in [1.807, 2.05) is 29.8 Å². The standard InChI is InChI=1S/C18H21N3O3S2/c1-2-3-6-20(7-8-22)15(23)10-21-12-19-17-16(18(21)24)13(11-26-17)14-5-4-9-25-14/h4-5,9,11-12,22H,2-3,6-8,10H2,1H3. The third kappa shape index (κ3) is 3.87. The fourth-order valence-corrected chi connectivity index (χ4v) is 4.49. The van der Waals surface area contributed by atoms with E-state index in [4.69, 9.17) is 0 Å². The quantitative estimate of drug-likeness (QED) is 0.641. The first kappa shape index (κ1) is 18.8. The first-order chi connectivity index (χ1) is 12.7. The minimum absolute atomic E-state index is 0.0643. The topological polar surface area (TPSA) is 75.4 Å². The molecule has 6 nitrogen and oxygen atoms in total. The van der Waals surface area contributed by atoms with Crippen LogP contribution in [-0.2, 0) is 11.3 Å². The average Bonchev–Trinajstić information content (AvgIpc) is 3.30. The highest BCUT2D eigenvalue weighted by Crippen LogP contribution is 2.33. The number of aromatic nitrogens is 2. The van der Waals surface area contributed by atoms with E-state index >= 15 is 0 Å². The zero-order chi connectivity index (χ0) is 18.5. The van der Waals surface area contributed by atoms with E-state index in [1.54, 1.807) is 16.2 Å². The molecule has 0 aromatic carbocycles. The van der Waals surface area contributed by atoms with Gasteiger partial charge in [-0.1, -0.05) is 19.4 Å². The Labute approximate surface area is 159 Å². The monoisotopic (exact) mass is 391 g/mol. The van der Waals surface area contributed by atoms with Gasteiger partial charge in [-0.15, -0.1) is 22.7 Å². The normalized spacial score (nSPS) is 11.2. The molecule has 0 bridgehead atoms. The third-order valence-electron chi connectivity index (χ3n) is 4.16. The van der Waals surface area contributed by atoms with Gasteiger partial charge < -0.3 is 10.0 Å². The Bertz CT molecular complexity index is 931. The Morgan fingerprint density at radius 3 is 2.88 bits per heavy atom. The maximum absolute atomic E-state index is 12.9. The van der Waals surface area contributed by atoms with Gasteiger partial charge in [-0.25, -0.2) is 4.98 Å². The minimum atomic E-state index is -0.201. The van der Waals surface area contributed by atoms with Crippen molar-refractivity contribution in [1.29, 1.82) is 0 Å². The number of hydrogen-bond donors (Lipinski definition) is 1. The number of rotatable bonds is 8. The number of aliphatic hydroxyl groups is 1. The van der Waals surface area contributed by atoms with E-state index in [0.717, 1.165) is 23.3 Å². The molecule has 0 aliphatic rings. The summed E-state index contributed by atoms with van der Waals surface area (Å²) in [6, 6.07) is 3.92. The number of hydrogen-bond acceptors (Lipinski definition) is 6. The maximum atomic E-state index is 12.9. The SMILES string of the molecule is CCCCN(CCO)C(=O)Cn1cnc2scc(-c3cccs3)c2c1=O. The lowest BCUT2D eigenvalue weighted by Gasteiger charge is -2.21. The van der Waals surface area contributed by atoms with Crippen molar-refractivity contribution in [2.24, 2.45) is 0 Å². The van der Waals surface area contributed by atoms with Gasteiger partial charge >= 0.3 is 0 Å². The fourth-order valence-electron chi connectivity index (χ4n) is 2.77. The predicted octanol–water partition coefficient (Wildman–Crippen LogP) is 2.81. The van der Waals surface area contributed by atoms with Crippen LogP contribution in [-0.4, -0.2) is 45.2 Å². The lowest BCUT2D eigenvalue weighted by molar-refractivity contribution is -0.132. The average molecular weight is 392 g/mol. The Morgan fingerprint density at radius 2 is 2.19 bits per heavy atom. The Balaban J connectivity index is 1.91. The number of nitrogens with zero attached hydrogens (tertiary/aromatic N) is 3. The van der Waals surface area contributed by atoms with Gasteiger partial charge in [0.1, 0.15) is 11.4 Å². The highest BCUT2D eigenvalue weighted by molar-refractivity contribution is 7.18. The molecule has 3 heterocycles. The summed E-state index contributed by atoms with van der Waals surface area (Å²) in [7, 11) is 0. The molecule has 8 heteroatoms. The van der Waals surface area contributed by atoms with Crippen molar-refractivity contribution in [3.63, 3.8) is 0 Å². The molecule has 26 heavy (non-hydrogen) atoms. The van der Waals surface area contributed by atoms with Gasteiger partial charge in [0, 0.05) is 28.9 Å². The minimum Gasteiger partial charge on any atom is -0.395 e. The molecule has 0 fully saturated rings. The van der Waals surface area contributed by atoms with E-state index < -0.39 is 0 Å². The molecular formula is C18H21N3O3S2. The number of fused-ring (bicyclic) bond motifs is 1. The number of thiophene rings is 2. The van der Waals surface area contributed by atoms with E-state index in [2.05, 4.69) is 4.98 Å². The second kappa shape index (κ2) is 8.57. The van der Waals surface area contributed by atoms with E-state index in [9.17, 15) is 14.7 Å². The molecule has 0 aliphatic carbocycles. The molecule has 3 aromatic rings. The van der Waals surface area contributed by atoms with Crippen LogP contribution in [0.5, 0.6) is 0 Å². The predicted molar refractivity (Wildman–Crippen MR) is 106 cm³/mol. The summed E-state index contributed by atoms with van der Waals surface area (Å²) in [5.41, 5.74) is 0.671. The highest BCUT2D eigenvalue weighted by atomic mass is 32.1. The molecule has 0 unspecified atom stereocenters. The molecule has 0 spiro atoms. The second-order valence-electron chi connectivity index (χ2n) is 5.94. The molecule has 3 aromatic heterocycles. The van der Waals surface area contributed by atoms with Crippen LogP contribution in [0.3, 0.4) is 0 Å². The van der Waals surface area contributed by atoms with Crippen LogP contribution < -0.4 is 5.56 Å². The van der Waals surface area contributed by atoms with Gasteiger partial charge in [-0.3, -0.25) is 14.2 Å². The molecular weight excluding hydrogens is 370 g/mol. The van der Waals surface area contributed by atoms with Gasteiger partial charge in [-0.05, 0) is 17.9 Å². The second-order valence-corrected chi connectivity index (χ2v) is 7.75. The lowest BCUT2D eigenvalue weighted by atomic mass is 10.2. The summed E-state index contributed by atoms with van der Waals surface area (Å²) in [5, 5.41) is 13.7. The molecule has 138 valence electrons. The lowest BCUT2D eigenvalue weighted by Crippen LogP contribution is -2.38. The van der Waals surface area contributed by atoms with E-state index in [0.29, 0.717) is 16.8 Å². The summed E-state index contributed by atoms with van der Waals surface area (Å²) in [5.74, 6) is -0.177. The number of amides is 1. The molecule has 0 saturated carbocycles. The van der Waals surface area contributed by atoms with Crippen molar-refractivity contribution < 1.29 is 9.90 Å². The first-order valence-corrected chi connectivity index (χ1v) is 10.3. The summed E-state index contributed by atoms with van der Waals surface area (Å²) < 4.78 is 1.37. The first-order valence-electron chi connectivity index (χ1n) is 8.54. The van der Waals surface area contributed by atoms with Crippen molar-refractivity contribution >= 4 is 38.8 Å². The number of carbonyl (C=O) groups is 1. The van der Waals surface area contributed by atoms with Crippen LogP contribution in [0.1, 0.15) is 19.8 Å². The fraction of sp³-hybridized carbons (Fsp3) is 0.389. The van der Waals surface area contributed by atoms with Crippen molar-refractivity contribution in [2.45, 2.75) is 26.3 Å². The Kier molecular flexibility index (Phi) is 6.18. The van der Waals surface area contributed by atoms with Crippen LogP contribution in [0.25, 0.3) is 20.7 Å². The summed E-state index contributed by atoms with van der Waals surface area (Å²) in [6.07, 6.45) is 3.26. The van der Waals surface area contributed by atoms with Crippen molar-refractivity contribution in [3.05, 3.63) is 39.6 Å². The third-order valence-corrected chi connectivity index (χ3v) is 5.95. The summed E-state index contributed by atoms with van der Waals surface area (Å²) >= 11 is 3.01. The van der Waals surface area contributed by atoms with Crippen LogP contribution in [0.4, 0.5) is 0 Å². The smallest absolute Gasteiger partial charge is 0.263 e. The molecule has 1 N–H and O–H groups in total. The zero-order valence-electron chi connectivity index (χ0n) is 14.6. The van der Waals surface area contributed by atoms with Gasteiger partial charge in [0.2, 0.25) is 5.91 Å². The molecule has 0 atom stereocenters. The highest BCUT2D eigenvalue weighted by Gasteiger charge is 2.17. The van der Waals surface area contributed by atoms with Crippen molar-refractivity contribution in [2.75, 3.05) is 19.7 Å². The van der Waals surface area contributed by atoms with Crippen LogP contribution in [0, 0.1) is 0 Å². The molecule has 0 radical (unpaired) electrons. The Hall–Kier alpha value is -2.03. The largest absolute Gasteiger partial charge is 0.395 e. The summed E-state index contributed by atoms with van der Waals surface area (Å²) in [4.78, 5) is 33.2. The number of unbranched alkanes of at least 4 members (excludes halogenated alkanes) is 1. The van der Waals surface area contributed by atoms with Crippen molar-refractivity contribution in [3.8, 4) is 10.4 Å². The van der Waals surface area contributed by atoms with E-state index in [-0.39, 0.29) is 31.2 Å². The molecule has 0 saturated heterocycles. The van der Waals surface area contributed by atoms with Crippen molar-refractivity contribution in [1.82, 2.24) is 14.5 Å².